The van der Waals surface area contributed by atoms with Gasteiger partial charge < -0.3 is 15.1 Å². The summed E-state index contributed by atoms with van der Waals surface area (Å²) < 4.78 is 0. The molecule has 2 aliphatic rings. The van der Waals surface area contributed by atoms with Gasteiger partial charge in [-0.05, 0) is 36.5 Å². The Labute approximate surface area is 196 Å². The van der Waals surface area contributed by atoms with Crippen LogP contribution in [-0.2, 0) is 17.8 Å². The molecule has 1 N–H and O–H groups in total. The monoisotopic (exact) mass is 518 g/mol. The minimum atomic E-state index is 0. The molecule has 2 heterocycles. The number of amides is 1. The Bertz CT molecular complexity index is 871. The predicted octanol–water partition coefficient (Wildman–Crippen LogP) is 3.64. The first-order valence-corrected chi connectivity index (χ1v) is 10.7. The molecular formula is C24H31IN4O. The smallest absolute Gasteiger partial charge is 0.244 e. The minimum Gasteiger partial charge on any atom is -0.357 e. The Kier molecular flexibility index (Phi) is 8.13. The van der Waals surface area contributed by atoms with Crippen molar-refractivity contribution in [2.24, 2.45) is 4.99 Å². The molecule has 1 atom stereocenters. The zero-order chi connectivity index (χ0) is 20.1. The van der Waals surface area contributed by atoms with Crippen LogP contribution < -0.4 is 5.32 Å². The number of hydrogen-bond donors (Lipinski definition) is 1. The fourth-order valence-corrected chi connectivity index (χ4v) is 4.33. The average molecular weight is 518 g/mol. The van der Waals surface area contributed by atoms with Gasteiger partial charge >= 0.3 is 0 Å². The van der Waals surface area contributed by atoms with Gasteiger partial charge in [0.25, 0.3) is 0 Å². The maximum absolute atomic E-state index is 12.8. The molecule has 1 saturated heterocycles. The third-order valence-electron chi connectivity index (χ3n) is 5.94. The van der Waals surface area contributed by atoms with Crippen LogP contribution in [-0.4, -0.2) is 54.4 Å². The highest BCUT2D eigenvalue weighted by atomic mass is 127. The van der Waals surface area contributed by atoms with Crippen molar-refractivity contribution in [3.63, 3.8) is 0 Å². The van der Waals surface area contributed by atoms with Crippen LogP contribution >= 0.6 is 24.0 Å². The van der Waals surface area contributed by atoms with Crippen molar-refractivity contribution in [2.45, 2.75) is 32.2 Å². The highest BCUT2D eigenvalue weighted by molar-refractivity contribution is 14.0. The molecule has 4 rings (SSSR count). The molecule has 0 spiro atoms. The Morgan fingerprint density at radius 1 is 1.03 bits per heavy atom. The standard InChI is InChI=1S/C24H30N4O.HI/c1-2-25-24(28-15-13-22(18-28)19-8-4-3-5-9-19)26-16-23(29)27-14-12-20-10-6-7-11-21(20)17-27;/h3-11,22H,2,12-18H2,1H3,(H,25,26);1H. The van der Waals surface area contributed by atoms with E-state index in [1.54, 1.807) is 0 Å². The second-order valence-corrected chi connectivity index (χ2v) is 7.85. The van der Waals surface area contributed by atoms with Crippen molar-refractivity contribution in [1.29, 1.82) is 0 Å². The van der Waals surface area contributed by atoms with Crippen LogP contribution in [0, 0.1) is 0 Å². The molecule has 6 heteroatoms. The molecule has 0 radical (unpaired) electrons. The Balaban J connectivity index is 0.00000256. The van der Waals surface area contributed by atoms with Crippen molar-refractivity contribution in [3.8, 4) is 0 Å². The van der Waals surface area contributed by atoms with Gasteiger partial charge in [0.2, 0.25) is 5.91 Å². The number of fused-ring (bicyclic) bond motifs is 1. The molecule has 0 saturated carbocycles. The molecule has 160 valence electrons. The first-order chi connectivity index (χ1) is 14.2. The van der Waals surface area contributed by atoms with Crippen LogP contribution in [0.3, 0.4) is 0 Å². The zero-order valence-corrected chi connectivity index (χ0v) is 19.9. The lowest BCUT2D eigenvalue weighted by Gasteiger charge is -2.28. The zero-order valence-electron chi connectivity index (χ0n) is 17.6. The lowest BCUT2D eigenvalue weighted by Crippen LogP contribution is -2.42. The molecule has 0 bridgehead atoms. The highest BCUT2D eigenvalue weighted by Gasteiger charge is 2.26. The normalized spacial score (nSPS) is 18.6. The first kappa shape index (κ1) is 22.6. The molecule has 1 amide bonds. The van der Waals surface area contributed by atoms with E-state index >= 15 is 0 Å². The molecule has 2 aromatic carbocycles. The summed E-state index contributed by atoms with van der Waals surface area (Å²) in [5.41, 5.74) is 4.00. The van der Waals surface area contributed by atoms with Gasteiger partial charge in [-0.25, -0.2) is 4.99 Å². The van der Waals surface area contributed by atoms with Gasteiger partial charge in [0.05, 0.1) is 0 Å². The molecule has 5 nitrogen and oxygen atoms in total. The van der Waals surface area contributed by atoms with Gasteiger partial charge in [-0.2, -0.15) is 0 Å². The number of aliphatic imine (C=N–C) groups is 1. The SMILES string of the molecule is CCNC(=NCC(=O)N1CCc2ccccc2C1)N1CCC(c2ccccc2)C1.I. The highest BCUT2D eigenvalue weighted by Crippen LogP contribution is 2.27. The number of guanidine groups is 1. The van der Waals surface area contributed by atoms with Gasteiger partial charge in [-0.3, -0.25) is 4.79 Å². The van der Waals surface area contributed by atoms with Gasteiger partial charge in [0.15, 0.2) is 5.96 Å². The van der Waals surface area contributed by atoms with E-state index in [9.17, 15) is 4.79 Å². The largest absolute Gasteiger partial charge is 0.357 e. The van der Waals surface area contributed by atoms with Crippen LogP contribution in [0.25, 0.3) is 0 Å². The van der Waals surface area contributed by atoms with Crippen molar-refractivity contribution in [2.75, 3.05) is 32.7 Å². The van der Waals surface area contributed by atoms with E-state index in [0.717, 1.165) is 45.0 Å². The quantitative estimate of drug-likeness (QED) is 0.382. The van der Waals surface area contributed by atoms with Crippen LogP contribution in [0.1, 0.15) is 36.0 Å². The topological polar surface area (TPSA) is 47.9 Å². The molecule has 0 aliphatic carbocycles. The number of benzene rings is 2. The molecule has 30 heavy (non-hydrogen) atoms. The summed E-state index contributed by atoms with van der Waals surface area (Å²) in [6.07, 6.45) is 2.04. The number of carbonyl (C=O) groups is 1. The van der Waals surface area contributed by atoms with E-state index in [2.05, 4.69) is 65.7 Å². The fraction of sp³-hybridized carbons (Fsp3) is 0.417. The lowest BCUT2D eigenvalue weighted by atomic mass is 9.99. The Morgan fingerprint density at radius 2 is 1.77 bits per heavy atom. The summed E-state index contributed by atoms with van der Waals surface area (Å²) in [5, 5.41) is 3.38. The summed E-state index contributed by atoms with van der Waals surface area (Å²) in [6, 6.07) is 19.1. The van der Waals surface area contributed by atoms with Crippen LogP contribution in [0.2, 0.25) is 0 Å². The number of carbonyl (C=O) groups excluding carboxylic acids is 1. The van der Waals surface area contributed by atoms with Gasteiger partial charge in [0, 0.05) is 38.6 Å². The molecule has 0 aromatic heterocycles. The van der Waals surface area contributed by atoms with Crippen molar-refractivity contribution < 1.29 is 4.79 Å². The number of hydrogen-bond acceptors (Lipinski definition) is 2. The van der Waals surface area contributed by atoms with Crippen LogP contribution in [0.15, 0.2) is 59.6 Å². The minimum absolute atomic E-state index is 0. The summed E-state index contributed by atoms with van der Waals surface area (Å²) in [5.74, 6) is 1.49. The average Bonchev–Trinajstić information content (AvgIpc) is 3.27. The second kappa shape index (κ2) is 10.8. The summed E-state index contributed by atoms with van der Waals surface area (Å²) in [4.78, 5) is 21.7. The Hall–Kier alpha value is -2.09. The maximum atomic E-state index is 12.8. The fourth-order valence-electron chi connectivity index (χ4n) is 4.33. The summed E-state index contributed by atoms with van der Waals surface area (Å²) in [7, 11) is 0. The van der Waals surface area contributed by atoms with Gasteiger partial charge in [0.1, 0.15) is 6.54 Å². The van der Waals surface area contributed by atoms with E-state index < -0.39 is 0 Å². The van der Waals surface area contributed by atoms with E-state index in [-0.39, 0.29) is 36.4 Å². The van der Waals surface area contributed by atoms with Crippen molar-refractivity contribution in [3.05, 3.63) is 71.3 Å². The number of likely N-dealkylation sites (tertiary alicyclic amines) is 1. The number of rotatable bonds is 4. The number of nitrogens with zero attached hydrogens (tertiary/aromatic N) is 3. The maximum Gasteiger partial charge on any atom is 0.244 e. The third kappa shape index (κ3) is 5.33. The van der Waals surface area contributed by atoms with Crippen molar-refractivity contribution in [1.82, 2.24) is 15.1 Å². The van der Waals surface area contributed by atoms with E-state index in [4.69, 9.17) is 4.99 Å². The van der Waals surface area contributed by atoms with Crippen molar-refractivity contribution >= 4 is 35.8 Å². The molecular weight excluding hydrogens is 487 g/mol. The predicted molar refractivity (Wildman–Crippen MR) is 132 cm³/mol. The van der Waals surface area contributed by atoms with E-state index in [0.29, 0.717) is 12.5 Å². The van der Waals surface area contributed by atoms with E-state index in [1.807, 2.05) is 11.0 Å². The Morgan fingerprint density at radius 3 is 2.53 bits per heavy atom. The molecule has 2 aliphatic heterocycles. The number of halogens is 1. The lowest BCUT2D eigenvalue weighted by molar-refractivity contribution is -0.130. The third-order valence-corrected chi connectivity index (χ3v) is 5.94. The van der Waals surface area contributed by atoms with Crippen LogP contribution in [0.5, 0.6) is 0 Å². The molecule has 1 fully saturated rings. The van der Waals surface area contributed by atoms with Gasteiger partial charge in [-0.1, -0.05) is 54.6 Å². The summed E-state index contributed by atoms with van der Waals surface area (Å²) in [6.45, 7) is 6.47. The molecule has 2 aromatic rings. The number of nitrogens with one attached hydrogen (secondary N) is 1. The van der Waals surface area contributed by atoms with Gasteiger partial charge in [-0.15, -0.1) is 24.0 Å². The van der Waals surface area contributed by atoms with Crippen LogP contribution in [0.4, 0.5) is 0 Å². The first-order valence-electron chi connectivity index (χ1n) is 10.7. The van der Waals surface area contributed by atoms with E-state index in [1.165, 1.54) is 16.7 Å². The summed E-state index contributed by atoms with van der Waals surface area (Å²) >= 11 is 0. The second-order valence-electron chi connectivity index (χ2n) is 7.85. The molecule has 1 unspecified atom stereocenters.